The fourth-order valence-corrected chi connectivity index (χ4v) is 4.00. The van der Waals surface area contributed by atoms with Crippen LogP contribution in [0, 0.1) is 0 Å². The van der Waals surface area contributed by atoms with E-state index in [-0.39, 0.29) is 34.3 Å². The molecule has 0 radical (unpaired) electrons. The predicted molar refractivity (Wildman–Crippen MR) is 184 cm³/mol. The fraction of sp³-hybridized carbons (Fsp3) is 0.625. The van der Waals surface area contributed by atoms with E-state index in [9.17, 15) is 5.11 Å². The summed E-state index contributed by atoms with van der Waals surface area (Å²) in [4.78, 5) is 0. The van der Waals surface area contributed by atoms with Crippen molar-refractivity contribution < 1.29 is 37.9 Å². The first-order valence-electron chi connectivity index (χ1n) is 14.7. The van der Waals surface area contributed by atoms with Crippen molar-refractivity contribution in [2.24, 2.45) is 0 Å². The van der Waals surface area contributed by atoms with E-state index in [1.54, 1.807) is 19.2 Å². The third-order valence-corrected chi connectivity index (χ3v) is 7.80. The summed E-state index contributed by atoms with van der Waals surface area (Å²) in [5, 5.41) is 9.78. The molecule has 2 aromatic rings. The lowest BCUT2D eigenvalue weighted by Gasteiger charge is -2.32. The first-order valence-corrected chi connectivity index (χ1v) is 16.0. The van der Waals surface area contributed by atoms with Gasteiger partial charge in [0.15, 0.2) is 23.0 Å². The molecule has 2 saturated heterocycles. The van der Waals surface area contributed by atoms with E-state index in [1.165, 1.54) is 7.11 Å². The maximum atomic E-state index is 9.78. The van der Waals surface area contributed by atoms with Crippen LogP contribution >= 0.6 is 22.6 Å². The maximum Gasteiger partial charge on any atom is 0.494 e. The van der Waals surface area contributed by atoms with Gasteiger partial charge >= 0.3 is 14.2 Å². The number of benzene rings is 2. The van der Waals surface area contributed by atoms with Crippen LogP contribution in [0.5, 0.6) is 23.0 Å². The third-order valence-electron chi connectivity index (χ3n) is 7.80. The molecule has 8 nitrogen and oxygen atoms in total. The highest BCUT2D eigenvalue weighted by Gasteiger charge is 2.52. The molecule has 43 heavy (non-hydrogen) atoms. The first-order chi connectivity index (χ1) is 19.7. The molecule has 0 spiro atoms. The zero-order valence-corrected chi connectivity index (χ0v) is 30.6. The maximum absolute atomic E-state index is 9.78. The largest absolute Gasteiger partial charge is 0.504 e. The van der Waals surface area contributed by atoms with E-state index >= 15 is 0 Å². The van der Waals surface area contributed by atoms with Gasteiger partial charge < -0.3 is 37.9 Å². The number of halogens is 1. The molecule has 11 heteroatoms. The van der Waals surface area contributed by atoms with Crippen molar-refractivity contribution in [2.75, 3.05) is 14.2 Å². The number of hydrogen-bond acceptors (Lipinski definition) is 8. The van der Waals surface area contributed by atoms with Crippen LogP contribution in [0.3, 0.4) is 0 Å². The summed E-state index contributed by atoms with van der Waals surface area (Å²) < 4.78 is 40.9. The monoisotopic (exact) mass is 712 g/mol. The Hall–Kier alpha value is -1.66. The molecule has 0 saturated carbocycles. The number of ether oxygens (including phenoxy) is 3. The molecular weight excluding hydrogens is 661 g/mol. The van der Waals surface area contributed by atoms with Crippen LogP contribution in [-0.2, 0) is 18.6 Å². The minimum atomic E-state index is -0.466. The van der Waals surface area contributed by atoms with Gasteiger partial charge in [0.25, 0.3) is 0 Å². The average molecular weight is 712 g/mol. The minimum absolute atomic E-state index is 0.0763. The van der Waals surface area contributed by atoms with Gasteiger partial charge in [-0.15, -0.1) is 0 Å². The molecule has 0 bridgehead atoms. The third kappa shape index (κ3) is 9.66. The summed E-state index contributed by atoms with van der Waals surface area (Å²) in [7, 11) is 2.29. The Labute approximate surface area is 273 Å². The van der Waals surface area contributed by atoms with Gasteiger partial charge in [-0.25, -0.2) is 0 Å². The second kappa shape index (κ2) is 14.6. The first kappa shape index (κ1) is 37.5. The average Bonchev–Trinajstić information content (AvgIpc) is 3.23. The molecule has 0 unspecified atom stereocenters. The Kier molecular flexibility index (Phi) is 12.8. The molecule has 0 amide bonds. The molecule has 1 N–H and O–H groups in total. The molecule has 0 atom stereocenters. The van der Waals surface area contributed by atoms with Crippen molar-refractivity contribution >= 4 is 47.8 Å². The van der Waals surface area contributed by atoms with Gasteiger partial charge in [-0.3, -0.25) is 0 Å². The standard InChI is InChI=1S/C16H25BO4.C13H19BO4.C3H7I/c1-11(2)19-14-10-12(8-9-13(14)18-7)17-20-15(3,4)16(5,6)21-17;1-12(2)13(3,4)18-14(17-12)9-6-7-11(16-5)10(15)8-9;1-3(2)4/h8-11H,1-7H3;6-8,15H,1-5H3;3H,1-2H3. The molecule has 0 aromatic heterocycles. The Morgan fingerprint density at radius 2 is 0.977 bits per heavy atom. The Morgan fingerprint density at radius 3 is 1.30 bits per heavy atom. The quantitative estimate of drug-likeness (QED) is 0.212. The number of phenolic OH excluding ortho intramolecular Hbond substituents is 1. The van der Waals surface area contributed by atoms with Gasteiger partial charge in [-0.05, 0) is 104 Å². The van der Waals surface area contributed by atoms with Crippen LogP contribution in [0.4, 0.5) is 0 Å². The summed E-state index contributed by atoms with van der Waals surface area (Å²) in [6.07, 6.45) is 0.0763. The summed E-state index contributed by atoms with van der Waals surface area (Å²) in [5.74, 6) is 1.95. The molecule has 4 rings (SSSR count). The van der Waals surface area contributed by atoms with Crippen LogP contribution in [-0.4, -0.2) is 66.0 Å². The van der Waals surface area contributed by atoms with Crippen LogP contribution in [0.2, 0.25) is 0 Å². The summed E-state index contributed by atoms with van der Waals surface area (Å²) in [6.45, 7) is 24.4. The van der Waals surface area contributed by atoms with Gasteiger partial charge in [0.05, 0.1) is 42.7 Å². The molecule has 0 aliphatic carbocycles. The normalized spacial score (nSPS) is 19.4. The van der Waals surface area contributed by atoms with E-state index < -0.39 is 14.2 Å². The van der Waals surface area contributed by atoms with E-state index in [4.69, 9.17) is 32.8 Å². The van der Waals surface area contributed by atoms with Crippen molar-refractivity contribution in [2.45, 2.75) is 116 Å². The molecular formula is C32H51B2IO8. The number of phenols is 1. The topological polar surface area (TPSA) is 84.8 Å². The Morgan fingerprint density at radius 1 is 0.628 bits per heavy atom. The number of methoxy groups -OCH3 is 2. The van der Waals surface area contributed by atoms with Gasteiger partial charge in [-0.2, -0.15) is 0 Å². The molecule has 2 aromatic carbocycles. The van der Waals surface area contributed by atoms with Crippen molar-refractivity contribution in [3.8, 4) is 23.0 Å². The van der Waals surface area contributed by atoms with Crippen molar-refractivity contribution in [3.05, 3.63) is 36.4 Å². The smallest absolute Gasteiger partial charge is 0.494 e. The Bertz CT molecular complexity index is 1170. The van der Waals surface area contributed by atoms with Gasteiger partial charge in [0.1, 0.15) is 0 Å². The van der Waals surface area contributed by atoms with Gasteiger partial charge in [0.2, 0.25) is 0 Å². The second-order valence-electron chi connectivity index (χ2n) is 13.2. The minimum Gasteiger partial charge on any atom is -0.504 e. The summed E-state index contributed by atoms with van der Waals surface area (Å²) in [6, 6.07) is 10.9. The second-order valence-corrected chi connectivity index (χ2v) is 15.7. The van der Waals surface area contributed by atoms with E-state index in [0.29, 0.717) is 17.2 Å². The van der Waals surface area contributed by atoms with Crippen LogP contribution in [0.15, 0.2) is 36.4 Å². The highest BCUT2D eigenvalue weighted by Crippen LogP contribution is 2.38. The number of rotatable bonds is 6. The molecule has 2 aliphatic rings. The number of aromatic hydroxyl groups is 1. The molecule has 240 valence electrons. The van der Waals surface area contributed by atoms with Crippen LogP contribution < -0.4 is 25.1 Å². The van der Waals surface area contributed by atoms with Crippen LogP contribution in [0.1, 0.15) is 83.1 Å². The summed E-state index contributed by atoms with van der Waals surface area (Å²) >= 11 is 2.34. The van der Waals surface area contributed by atoms with Crippen molar-refractivity contribution in [1.29, 1.82) is 0 Å². The molecule has 2 aliphatic heterocycles. The molecule has 2 heterocycles. The predicted octanol–water partition coefficient (Wildman–Crippen LogP) is 6.31. The van der Waals surface area contributed by atoms with E-state index in [1.807, 2.05) is 93.5 Å². The van der Waals surface area contributed by atoms with E-state index in [2.05, 4.69) is 36.4 Å². The van der Waals surface area contributed by atoms with Crippen LogP contribution in [0.25, 0.3) is 0 Å². The SMILES string of the molecule is CC(C)I.COc1ccc(B2OC(C)(C)C(C)(C)O2)cc1O.COc1ccc(B2OC(C)(C)C(C)(C)O2)cc1OC(C)C. The lowest BCUT2D eigenvalue weighted by molar-refractivity contribution is 0.00578. The molecule has 2 fully saturated rings. The number of hydrogen-bond donors (Lipinski definition) is 1. The lowest BCUT2D eigenvalue weighted by Crippen LogP contribution is -2.41. The zero-order chi connectivity index (χ0) is 33.0. The van der Waals surface area contributed by atoms with Crippen molar-refractivity contribution in [1.82, 2.24) is 0 Å². The van der Waals surface area contributed by atoms with Gasteiger partial charge in [0, 0.05) is 3.92 Å². The zero-order valence-electron chi connectivity index (χ0n) is 28.5. The Balaban J connectivity index is 0.000000269. The lowest BCUT2D eigenvalue weighted by atomic mass is 9.79. The fourth-order valence-electron chi connectivity index (χ4n) is 4.00. The summed E-state index contributed by atoms with van der Waals surface area (Å²) in [5.41, 5.74) is 0.255. The van der Waals surface area contributed by atoms with E-state index in [0.717, 1.165) is 14.9 Å². The van der Waals surface area contributed by atoms with Crippen molar-refractivity contribution in [3.63, 3.8) is 0 Å². The highest BCUT2D eigenvalue weighted by molar-refractivity contribution is 14.1. The highest BCUT2D eigenvalue weighted by atomic mass is 127. The number of alkyl halides is 1. The van der Waals surface area contributed by atoms with Gasteiger partial charge in [-0.1, -0.05) is 48.6 Å².